The van der Waals surface area contributed by atoms with Gasteiger partial charge >= 0.3 is 0 Å². The zero-order valence-electron chi connectivity index (χ0n) is 10.1. The van der Waals surface area contributed by atoms with Gasteiger partial charge in [0.05, 0.1) is 11.2 Å². The Morgan fingerprint density at radius 2 is 1.12 bits per heavy atom. The minimum absolute atomic E-state index is 0.692. The van der Waals surface area contributed by atoms with E-state index in [0.29, 0.717) is 11.8 Å². The van der Waals surface area contributed by atoms with Crippen molar-refractivity contribution in [3.8, 4) is 0 Å². The van der Waals surface area contributed by atoms with Gasteiger partial charge in [0.15, 0.2) is 0 Å². The van der Waals surface area contributed by atoms with Gasteiger partial charge in [0.2, 0.25) is 0 Å². The third-order valence-electron chi connectivity index (χ3n) is 5.56. The summed E-state index contributed by atoms with van der Waals surface area (Å²) in [7, 11) is 0. The SMILES string of the molecule is OC12CCCCC1(O)CC1CCCCC1C2. The Balaban J connectivity index is 1.84. The van der Waals surface area contributed by atoms with Crippen molar-refractivity contribution in [2.75, 3.05) is 0 Å². The zero-order chi connectivity index (χ0) is 11.2. The summed E-state index contributed by atoms with van der Waals surface area (Å²) in [6.45, 7) is 0. The van der Waals surface area contributed by atoms with Gasteiger partial charge < -0.3 is 10.2 Å². The molecule has 0 aliphatic heterocycles. The maximum absolute atomic E-state index is 10.7. The molecular formula is C14H24O2. The molecule has 16 heavy (non-hydrogen) atoms. The Morgan fingerprint density at radius 1 is 0.688 bits per heavy atom. The van der Waals surface area contributed by atoms with E-state index in [2.05, 4.69) is 0 Å². The topological polar surface area (TPSA) is 40.5 Å². The highest BCUT2D eigenvalue weighted by Crippen LogP contribution is 2.54. The van der Waals surface area contributed by atoms with Crippen LogP contribution in [0.25, 0.3) is 0 Å². The first-order valence-corrected chi connectivity index (χ1v) is 7.08. The quantitative estimate of drug-likeness (QED) is 0.664. The lowest BCUT2D eigenvalue weighted by Gasteiger charge is -2.56. The van der Waals surface area contributed by atoms with Gasteiger partial charge in [0.25, 0.3) is 0 Å². The van der Waals surface area contributed by atoms with Gasteiger partial charge in [-0.15, -0.1) is 0 Å². The van der Waals surface area contributed by atoms with Crippen LogP contribution in [0.4, 0.5) is 0 Å². The molecule has 92 valence electrons. The maximum atomic E-state index is 10.7. The third kappa shape index (κ3) is 1.53. The monoisotopic (exact) mass is 224 g/mol. The van der Waals surface area contributed by atoms with Crippen molar-refractivity contribution >= 4 is 0 Å². The van der Waals surface area contributed by atoms with Gasteiger partial charge in [-0.25, -0.2) is 0 Å². The van der Waals surface area contributed by atoms with Crippen molar-refractivity contribution in [2.24, 2.45) is 11.8 Å². The summed E-state index contributed by atoms with van der Waals surface area (Å²) >= 11 is 0. The molecule has 0 aromatic heterocycles. The van der Waals surface area contributed by atoms with Crippen molar-refractivity contribution in [1.29, 1.82) is 0 Å². The molecular weight excluding hydrogens is 200 g/mol. The number of fused-ring (bicyclic) bond motifs is 2. The van der Waals surface area contributed by atoms with Crippen LogP contribution in [0.3, 0.4) is 0 Å². The van der Waals surface area contributed by atoms with Gasteiger partial charge in [0, 0.05) is 0 Å². The summed E-state index contributed by atoms with van der Waals surface area (Å²) in [4.78, 5) is 0. The summed E-state index contributed by atoms with van der Waals surface area (Å²) in [6, 6.07) is 0. The molecule has 3 saturated carbocycles. The lowest BCUT2D eigenvalue weighted by atomic mass is 9.55. The molecule has 3 rings (SSSR count). The summed E-state index contributed by atoms with van der Waals surface area (Å²) in [5.41, 5.74) is -1.49. The second-order valence-electron chi connectivity index (χ2n) is 6.48. The summed E-state index contributed by atoms with van der Waals surface area (Å²) in [5, 5.41) is 21.5. The van der Waals surface area contributed by atoms with Crippen molar-refractivity contribution in [3.05, 3.63) is 0 Å². The van der Waals surface area contributed by atoms with Gasteiger partial charge in [-0.05, 0) is 37.5 Å². The van der Waals surface area contributed by atoms with Crippen molar-refractivity contribution in [2.45, 2.75) is 75.4 Å². The molecule has 2 nitrogen and oxygen atoms in total. The predicted molar refractivity (Wildman–Crippen MR) is 63.0 cm³/mol. The lowest BCUT2D eigenvalue weighted by Crippen LogP contribution is -2.62. The predicted octanol–water partition coefficient (Wildman–Crippen LogP) is 2.62. The second-order valence-corrected chi connectivity index (χ2v) is 6.48. The molecule has 0 bridgehead atoms. The number of hydrogen-bond acceptors (Lipinski definition) is 2. The Bertz CT molecular complexity index is 250. The van der Waals surface area contributed by atoms with Crippen molar-refractivity contribution in [3.63, 3.8) is 0 Å². The molecule has 3 aliphatic carbocycles. The molecule has 0 amide bonds. The third-order valence-corrected chi connectivity index (χ3v) is 5.56. The van der Waals surface area contributed by atoms with Crippen LogP contribution in [0.15, 0.2) is 0 Å². The molecule has 4 unspecified atom stereocenters. The molecule has 3 fully saturated rings. The number of hydrogen-bond donors (Lipinski definition) is 2. The van der Waals surface area contributed by atoms with Crippen molar-refractivity contribution < 1.29 is 10.2 Å². The van der Waals surface area contributed by atoms with E-state index in [-0.39, 0.29) is 0 Å². The number of rotatable bonds is 0. The van der Waals surface area contributed by atoms with Crippen LogP contribution in [0.2, 0.25) is 0 Å². The molecule has 2 heteroatoms. The molecule has 0 aromatic carbocycles. The minimum atomic E-state index is -0.746. The van der Waals surface area contributed by atoms with E-state index in [9.17, 15) is 10.2 Å². The van der Waals surface area contributed by atoms with Crippen LogP contribution in [0, 0.1) is 11.8 Å². The highest BCUT2D eigenvalue weighted by molar-refractivity contribution is 5.08. The molecule has 0 radical (unpaired) electrons. The largest absolute Gasteiger partial charge is 0.387 e. The Kier molecular flexibility index (Phi) is 2.56. The normalized spacial score (nSPS) is 52.9. The van der Waals surface area contributed by atoms with Crippen LogP contribution >= 0.6 is 0 Å². The molecule has 2 N–H and O–H groups in total. The van der Waals surface area contributed by atoms with E-state index in [4.69, 9.17) is 0 Å². The smallest absolute Gasteiger partial charge is 0.0936 e. The molecule has 4 atom stereocenters. The first-order chi connectivity index (χ1) is 7.63. The van der Waals surface area contributed by atoms with Crippen LogP contribution in [-0.2, 0) is 0 Å². The molecule has 0 saturated heterocycles. The van der Waals surface area contributed by atoms with E-state index in [1.54, 1.807) is 0 Å². The van der Waals surface area contributed by atoms with Gasteiger partial charge in [0.1, 0.15) is 0 Å². The maximum Gasteiger partial charge on any atom is 0.0936 e. The first kappa shape index (κ1) is 11.0. The summed E-state index contributed by atoms with van der Waals surface area (Å²) < 4.78 is 0. The fraction of sp³-hybridized carbons (Fsp3) is 1.00. The van der Waals surface area contributed by atoms with Gasteiger partial charge in [-0.3, -0.25) is 0 Å². The summed E-state index contributed by atoms with van der Waals surface area (Å²) in [6.07, 6.45) is 10.8. The van der Waals surface area contributed by atoms with Crippen LogP contribution in [-0.4, -0.2) is 21.4 Å². The van der Waals surface area contributed by atoms with E-state index in [1.165, 1.54) is 25.7 Å². The minimum Gasteiger partial charge on any atom is -0.387 e. The lowest BCUT2D eigenvalue weighted by molar-refractivity contribution is -0.221. The summed E-state index contributed by atoms with van der Waals surface area (Å²) in [5.74, 6) is 1.38. The van der Waals surface area contributed by atoms with E-state index in [0.717, 1.165) is 38.5 Å². The zero-order valence-corrected chi connectivity index (χ0v) is 10.1. The highest BCUT2D eigenvalue weighted by Gasteiger charge is 2.56. The number of aliphatic hydroxyl groups is 2. The van der Waals surface area contributed by atoms with E-state index >= 15 is 0 Å². The van der Waals surface area contributed by atoms with E-state index in [1.807, 2.05) is 0 Å². The fourth-order valence-electron chi connectivity index (χ4n) is 4.57. The van der Waals surface area contributed by atoms with Gasteiger partial charge in [-0.2, -0.15) is 0 Å². The first-order valence-electron chi connectivity index (χ1n) is 7.08. The molecule has 0 spiro atoms. The van der Waals surface area contributed by atoms with E-state index < -0.39 is 11.2 Å². The van der Waals surface area contributed by atoms with Crippen LogP contribution < -0.4 is 0 Å². The van der Waals surface area contributed by atoms with Crippen LogP contribution in [0.1, 0.15) is 64.2 Å². The molecule has 3 aliphatic rings. The Labute approximate surface area is 98.1 Å². The molecule has 0 aromatic rings. The van der Waals surface area contributed by atoms with Gasteiger partial charge in [-0.1, -0.05) is 38.5 Å². The standard InChI is InChI=1S/C14H24O2/c15-13-7-3-4-8-14(13,16)10-12-6-2-1-5-11(12)9-13/h11-12,15-16H,1-10H2. The Hall–Kier alpha value is -0.0800. The Morgan fingerprint density at radius 3 is 1.56 bits per heavy atom. The fourth-order valence-corrected chi connectivity index (χ4v) is 4.57. The molecule has 0 heterocycles. The average molecular weight is 224 g/mol. The second kappa shape index (κ2) is 3.71. The highest BCUT2D eigenvalue weighted by atomic mass is 16.4. The average Bonchev–Trinajstić information content (AvgIpc) is 2.26. The van der Waals surface area contributed by atoms with Crippen molar-refractivity contribution in [1.82, 2.24) is 0 Å². The van der Waals surface area contributed by atoms with Crippen LogP contribution in [0.5, 0.6) is 0 Å².